The zero-order chi connectivity index (χ0) is 12.0. The largest absolute Gasteiger partial charge is 0.385 e. The van der Waals surface area contributed by atoms with Crippen LogP contribution in [0.1, 0.15) is 0 Å². The van der Waals surface area contributed by atoms with Gasteiger partial charge in [-0.25, -0.2) is 5.84 Å². The van der Waals surface area contributed by atoms with Crippen molar-refractivity contribution in [2.45, 2.75) is 0 Å². The lowest BCUT2D eigenvalue weighted by Gasteiger charge is -2.05. The van der Waals surface area contributed by atoms with E-state index in [1.54, 1.807) is 24.3 Å². The summed E-state index contributed by atoms with van der Waals surface area (Å²) in [7, 11) is 0. The van der Waals surface area contributed by atoms with Crippen molar-refractivity contribution in [3.8, 4) is 0 Å². The lowest BCUT2D eigenvalue weighted by atomic mass is 10.3. The number of allylic oxidation sites excluding steroid dienone is 2. The van der Waals surface area contributed by atoms with E-state index in [4.69, 9.17) is 28.9 Å². The molecule has 0 unspecified atom stereocenters. The molecular weight excluding hydrogens is 226 g/mol. The van der Waals surface area contributed by atoms with Crippen LogP contribution in [0.3, 0.4) is 0 Å². The van der Waals surface area contributed by atoms with Crippen molar-refractivity contribution in [3.63, 3.8) is 0 Å². The number of nitrogens with one attached hydrogen (secondary N) is 2. The molecule has 0 bridgehead atoms. The number of hydrazine groups is 1. The second kappa shape index (κ2) is 5.89. The summed E-state index contributed by atoms with van der Waals surface area (Å²) in [6.07, 6.45) is 3.14. The first-order valence-corrected chi connectivity index (χ1v) is 4.92. The fourth-order valence-corrected chi connectivity index (χ4v) is 1.19. The van der Waals surface area contributed by atoms with Crippen LogP contribution in [0.15, 0.2) is 48.1 Å². The summed E-state index contributed by atoms with van der Waals surface area (Å²) in [5.74, 6) is 5.83. The molecule has 0 aromatic heterocycles. The van der Waals surface area contributed by atoms with Gasteiger partial charge in [0.1, 0.15) is 11.6 Å². The van der Waals surface area contributed by atoms with Crippen LogP contribution in [0.2, 0.25) is 5.02 Å². The van der Waals surface area contributed by atoms with Gasteiger partial charge in [0.25, 0.3) is 0 Å². The van der Waals surface area contributed by atoms with E-state index in [0.29, 0.717) is 16.7 Å². The maximum atomic E-state index is 5.82. The molecule has 1 aromatic carbocycles. The van der Waals surface area contributed by atoms with Crippen molar-refractivity contribution in [1.82, 2.24) is 5.43 Å². The number of hydrogen-bond acceptors (Lipinski definition) is 5. The second-order valence-corrected chi connectivity index (χ2v) is 3.46. The Hall–Kier alpha value is -1.85. The molecule has 16 heavy (non-hydrogen) atoms. The van der Waals surface area contributed by atoms with Gasteiger partial charge in [0.15, 0.2) is 0 Å². The quantitative estimate of drug-likeness (QED) is 0.304. The Balaban J connectivity index is 2.67. The molecule has 0 fully saturated rings. The van der Waals surface area contributed by atoms with Gasteiger partial charge in [-0.3, -0.25) is 0 Å². The van der Waals surface area contributed by atoms with E-state index in [2.05, 4.69) is 10.7 Å². The molecule has 86 valence electrons. The fourth-order valence-electron chi connectivity index (χ4n) is 1.00. The van der Waals surface area contributed by atoms with Gasteiger partial charge >= 0.3 is 0 Å². The number of benzene rings is 1. The van der Waals surface area contributed by atoms with E-state index in [0.717, 1.165) is 5.69 Å². The highest BCUT2D eigenvalue weighted by atomic mass is 35.5. The third kappa shape index (κ3) is 4.12. The zero-order valence-electron chi connectivity index (χ0n) is 8.57. The van der Waals surface area contributed by atoms with Gasteiger partial charge in [-0.15, -0.1) is 0 Å². The Morgan fingerprint density at radius 2 is 1.88 bits per heavy atom. The van der Waals surface area contributed by atoms with Gasteiger partial charge in [-0.05, 0) is 30.4 Å². The van der Waals surface area contributed by atoms with E-state index in [9.17, 15) is 0 Å². The minimum absolute atomic E-state index is 0.316. The van der Waals surface area contributed by atoms with Crippen LogP contribution in [0, 0.1) is 0 Å². The van der Waals surface area contributed by atoms with Crippen LogP contribution in [0.25, 0.3) is 0 Å². The van der Waals surface area contributed by atoms with Crippen LogP contribution >= 0.6 is 11.6 Å². The third-order valence-corrected chi connectivity index (χ3v) is 1.96. The Labute approximate surface area is 98.9 Å². The van der Waals surface area contributed by atoms with Crippen LogP contribution in [-0.2, 0) is 0 Å². The first-order chi connectivity index (χ1) is 7.61. The summed E-state index contributed by atoms with van der Waals surface area (Å²) in [5, 5.41) is 3.58. The Morgan fingerprint density at radius 1 is 1.19 bits per heavy atom. The molecule has 0 radical (unpaired) electrons. The van der Waals surface area contributed by atoms with Crippen LogP contribution < -0.4 is 28.1 Å². The predicted octanol–water partition coefficient (Wildman–Crippen LogP) is 0.815. The van der Waals surface area contributed by atoms with E-state index in [1.165, 1.54) is 0 Å². The number of anilines is 1. The summed E-state index contributed by atoms with van der Waals surface area (Å²) in [6.45, 7) is 0. The van der Waals surface area contributed by atoms with E-state index < -0.39 is 0 Å². The molecular formula is C10H14ClN5. The minimum Gasteiger partial charge on any atom is -0.385 e. The van der Waals surface area contributed by atoms with E-state index in [1.807, 2.05) is 12.1 Å². The average Bonchev–Trinajstić information content (AvgIpc) is 2.26. The summed E-state index contributed by atoms with van der Waals surface area (Å²) in [4.78, 5) is 0. The highest BCUT2D eigenvalue weighted by Crippen LogP contribution is 2.15. The summed E-state index contributed by atoms with van der Waals surface area (Å²) in [6, 6.07) is 7.21. The highest BCUT2D eigenvalue weighted by molar-refractivity contribution is 6.30. The van der Waals surface area contributed by atoms with Crippen molar-refractivity contribution in [3.05, 3.63) is 53.1 Å². The van der Waals surface area contributed by atoms with Gasteiger partial charge in [0, 0.05) is 10.7 Å². The molecule has 0 aliphatic rings. The lowest BCUT2D eigenvalue weighted by Crippen LogP contribution is -2.26. The SMILES string of the molecule is NN/C(N)=C/C=C(\N)Nc1cccc(Cl)c1. The molecule has 0 atom stereocenters. The highest BCUT2D eigenvalue weighted by Gasteiger charge is 1.93. The first-order valence-electron chi connectivity index (χ1n) is 4.54. The van der Waals surface area contributed by atoms with Gasteiger partial charge in [-0.2, -0.15) is 0 Å². The molecule has 1 aromatic rings. The average molecular weight is 240 g/mol. The van der Waals surface area contributed by atoms with E-state index >= 15 is 0 Å². The zero-order valence-corrected chi connectivity index (χ0v) is 9.33. The number of rotatable bonds is 4. The van der Waals surface area contributed by atoms with Crippen molar-refractivity contribution in [2.75, 3.05) is 5.32 Å². The Bertz CT molecular complexity index is 413. The van der Waals surface area contributed by atoms with Crippen molar-refractivity contribution in [2.24, 2.45) is 17.3 Å². The summed E-state index contributed by atoms with van der Waals surface area (Å²) in [5.41, 5.74) is 14.2. The smallest absolute Gasteiger partial charge is 0.110 e. The minimum atomic E-state index is 0.316. The normalized spacial score (nSPS) is 12.4. The summed E-state index contributed by atoms with van der Waals surface area (Å²) < 4.78 is 0. The van der Waals surface area contributed by atoms with Gasteiger partial charge in [-0.1, -0.05) is 17.7 Å². The summed E-state index contributed by atoms with van der Waals surface area (Å²) >= 11 is 5.82. The topological polar surface area (TPSA) is 102 Å². The van der Waals surface area contributed by atoms with Crippen LogP contribution in [-0.4, -0.2) is 0 Å². The molecule has 0 heterocycles. The van der Waals surface area contributed by atoms with E-state index in [-0.39, 0.29) is 0 Å². The second-order valence-electron chi connectivity index (χ2n) is 3.02. The third-order valence-electron chi connectivity index (χ3n) is 1.72. The molecule has 0 amide bonds. The number of hydrogen-bond donors (Lipinski definition) is 5. The molecule has 0 aliphatic carbocycles. The predicted molar refractivity (Wildman–Crippen MR) is 66.9 cm³/mol. The molecule has 0 saturated carbocycles. The molecule has 0 spiro atoms. The van der Waals surface area contributed by atoms with Gasteiger partial charge < -0.3 is 22.2 Å². The fraction of sp³-hybridized carbons (Fsp3) is 0. The maximum Gasteiger partial charge on any atom is 0.110 e. The molecule has 5 nitrogen and oxygen atoms in total. The van der Waals surface area contributed by atoms with Gasteiger partial charge in [0.2, 0.25) is 0 Å². The Kier molecular flexibility index (Phi) is 4.50. The number of halogens is 1. The monoisotopic (exact) mass is 239 g/mol. The van der Waals surface area contributed by atoms with Crippen molar-refractivity contribution >= 4 is 17.3 Å². The van der Waals surface area contributed by atoms with Crippen molar-refractivity contribution in [1.29, 1.82) is 0 Å². The lowest BCUT2D eigenvalue weighted by molar-refractivity contribution is 0.869. The molecule has 0 aliphatic heterocycles. The number of nitrogens with two attached hydrogens (primary N) is 3. The van der Waals surface area contributed by atoms with Crippen LogP contribution in [0.5, 0.6) is 0 Å². The maximum absolute atomic E-state index is 5.82. The molecule has 0 saturated heterocycles. The molecule has 8 N–H and O–H groups in total. The molecule has 6 heteroatoms. The van der Waals surface area contributed by atoms with Crippen molar-refractivity contribution < 1.29 is 0 Å². The molecule has 1 rings (SSSR count). The first kappa shape index (κ1) is 12.2. The standard InChI is InChI=1S/C10H14ClN5/c11-7-2-1-3-8(6-7)15-9(12)4-5-10(13)16-14/h1-6,15-16H,12-14H2/b9-4+,10-5+. The van der Waals surface area contributed by atoms with Gasteiger partial charge in [0.05, 0.1) is 0 Å². The van der Waals surface area contributed by atoms with Crippen LogP contribution in [0.4, 0.5) is 5.69 Å². The Morgan fingerprint density at radius 3 is 2.50 bits per heavy atom.